The van der Waals surface area contributed by atoms with Gasteiger partial charge in [-0.15, -0.1) is 0 Å². The van der Waals surface area contributed by atoms with Gasteiger partial charge in [-0.1, -0.05) is 42.3 Å². The lowest BCUT2D eigenvalue weighted by Crippen LogP contribution is -2.12. The molecule has 1 aromatic carbocycles. The summed E-state index contributed by atoms with van der Waals surface area (Å²) < 4.78 is 1.93. The van der Waals surface area contributed by atoms with E-state index in [0.29, 0.717) is 11.4 Å². The molecule has 0 aliphatic rings. The fourth-order valence-corrected chi connectivity index (χ4v) is 2.94. The molecule has 1 atom stereocenters. The number of nitrogens with zero attached hydrogens (tertiary/aromatic N) is 2. The largest absolute Gasteiger partial charge is 0.396 e. The fraction of sp³-hybridized carbons (Fsp3) is 0.438. The van der Waals surface area contributed by atoms with Gasteiger partial charge in [0.15, 0.2) is 0 Å². The Balaban J connectivity index is 2.30. The maximum Gasteiger partial charge on any atom is 0.0850 e. The maximum atomic E-state index is 9.72. The number of halogens is 2. The molecule has 5 heteroatoms. The van der Waals surface area contributed by atoms with E-state index in [1.807, 2.05) is 42.8 Å². The highest BCUT2D eigenvalue weighted by Gasteiger charge is 2.19. The Morgan fingerprint density at radius 2 is 1.86 bits per heavy atom. The molecule has 0 fully saturated rings. The van der Waals surface area contributed by atoms with Crippen LogP contribution in [0, 0.1) is 0 Å². The zero-order valence-electron chi connectivity index (χ0n) is 12.3. The average Bonchev–Trinajstić information content (AvgIpc) is 2.81. The summed E-state index contributed by atoms with van der Waals surface area (Å²) in [5.41, 5.74) is 2.96. The molecular weight excluding hydrogens is 307 g/mol. The molecule has 0 spiro atoms. The van der Waals surface area contributed by atoms with E-state index >= 15 is 0 Å². The second-order valence-electron chi connectivity index (χ2n) is 5.01. The number of hydrogen-bond acceptors (Lipinski definition) is 2. The minimum absolute atomic E-state index is 0.00790. The fourth-order valence-electron chi connectivity index (χ4n) is 2.47. The molecule has 2 aromatic rings. The first-order chi connectivity index (χ1) is 10.1. The van der Waals surface area contributed by atoms with Gasteiger partial charge in [0.2, 0.25) is 0 Å². The number of rotatable bonds is 6. The van der Waals surface area contributed by atoms with Crippen LogP contribution in [0.4, 0.5) is 0 Å². The lowest BCUT2D eigenvalue weighted by Gasteiger charge is -2.16. The van der Waals surface area contributed by atoms with Crippen LogP contribution in [-0.2, 0) is 19.4 Å². The Kier molecular flexibility index (Phi) is 5.68. The first kappa shape index (κ1) is 16.3. The van der Waals surface area contributed by atoms with E-state index in [1.54, 1.807) is 0 Å². The Hall–Kier alpha value is -1.03. The molecule has 1 N–H and O–H groups in total. The molecule has 1 aromatic heterocycles. The predicted octanol–water partition coefficient (Wildman–Crippen LogP) is 4.09. The molecule has 0 saturated heterocycles. The highest BCUT2D eigenvalue weighted by Crippen LogP contribution is 2.28. The van der Waals surface area contributed by atoms with E-state index in [9.17, 15) is 5.11 Å². The monoisotopic (exact) mass is 326 g/mol. The summed E-state index contributed by atoms with van der Waals surface area (Å²) >= 11 is 12.4. The minimum Gasteiger partial charge on any atom is -0.396 e. The Labute approximate surface area is 135 Å². The van der Waals surface area contributed by atoms with E-state index in [-0.39, 0.29) is 12.5 Å². The highest BCUT2D eigenvalue weighted by atomic mass is 35.5. The lowest BCUT2D eigenvalue weighted by molar-refractivity contribution is 0.262. The molecule has 0 aliphatic carbocycles. The van der Waals surface area contributed by atoms with Crippen LogP contribution in [0.5, 0.6) is 0 Å². The van der Waals surface area contributed by atoms with Gasteiger partial charge in [-0.05, 0) is 37.5 Å². The van der Waals surface area contributed by atoms with Crippen molar-refractivity contribution in [2.45, 2.75) is 39.2 Å². The molecule has 0 saturated carbocycles. The van der Waals surface area contributed by atoms with Crippen molar-refractivity contribution in [2.75, 3.05) is 6.61 Å². The van der Waals surface area contributed by atoms with Crippen LogP contribution < -0.4 is 0 Å². The van der Waals surface area contributed by atoms with Crippen molar-refractivity contribution in [2.24, 2.45) is 0 Å². The standard InChI is InChI=1S/C16H20Cl2N2O/c1-3-14-16(18)15(20(4-2)19-14)9-12(10-21)11-5-7-13(17)8-6-11/h5-8,12,21H,3-4,9-10H2,1-2H3. The van der Waals surface area contributed by atoms with Crippen LogP contribution >= 0.6 is 23.2 Å². The third-order valence-electron chi connectivity index (χ3n) is 3.70. The van der Waals surface area contributed by atoms with E-state index in [2.05, 4.69) is 5.10 Å². The first-order valence-corrected chi connectivity index (χ1v) is 7.96. The van der Waals surface area contributed by atoms with Crippen molar-refractivity contribution in [3.8, 4) is 0 Å². The summed E-state index contributed by atoms with van der Waals surface area (Å²) in [5.74, 6) is -0.00790. The summed E-state index contributed by atoms with van der Waals surface area (Å²) in [4.78, 5) is 0. The van der Waals surface area contributed by atoms with Crippen LogP contribution in [-0.4, -0.2) is 21.5 Å². The summed E-state index contributed by atoms with van der Waals surface area (Å²) in [6.07, 6.45) is 1.47. The van der Waals surface area contributed by atoms with Crippen molar-refractivity contribution >= 4 is 23.2 Å². The Morgan fingerprint density at radius 3 is 2.38 bits per heavy atom. The number of aromatic nitrogens is 2. The Bertz CT molecular complexity index is 593. The topological polar surface area (TPSA) is 38.0 Å². The molecule has 21 heavy (non-hydrogen) atoms. The number of aliphatic hydroxyl groups excluding tert-OH is 1. The minimum atomic E-state index is -0.00790. The van der Waals surface area contributed by atoms with Gasteiger partial charge in [0.1, 0.15) is 0 Å². The van der Waals surface area contributed by atoms with E-state index in [0.717, 1.165) is 34.9 Å². The van der Waals surface area contributed by atoms with Crippen molar-refractivity contribution in [3.05, 3.63) is 51.3 Å². The molecule has 2 rings (SSSR count). The third kappa shape index (κ3) is 3.60. The van der Waals surface area contributed by atoms with Crippen LogP contribution in [0.25, 0.3) is 0 Å². The van der Waals surface area contributed by atoms with Gasteiger partial charge in [0, 0.05) is 17.5 Å². The van der Waals surface area contributed by atoms with Crippen LogP contribution in [0.1, 0.15) is 36.7 Å². The van der Waals surface area contributed by atoms with Crippen molar-refractivity contribution in [1.82, 2.24) is 9.78 Å². The van der Waals surface area contributed by atoms with Gasteiger partial charge in [0.25, 0.3) is 0 Å². The van der Waals surface area contributed by atoms with Crippen molar-refractivity contribution in [1.29, 1.82) is 0 Å². The third-order valence-corrected chi connectivity index (χ3v) is 4.38. The van der Waals surface area contributed by atoms with Crippen LogP contribution in [0.3, 0.4) is 0 Å². The normalized spacial score (nSPS) is 12.6. The maximum absolute atomic E-state index is 9.72. The van der Waals surface area contributed by atoms with Gasteiger partial charge in [-0.3, -0.25) is 4.68 Å². The summed E-state index contributed by atoms with van der Waals surface area (Å²) in [6.45, 7) is 4.92. The number of aliphatic hydroxyl groups is 1. The number of benzene rings is 1. The van der Waals surface area contributed by atoms with Gasteiger partial charge < -0.3 is 5.11 Å². The van der Waals surface area contributed by atoms with Crippen LogP contribution in [0.15, 0.2) is 24.3 Å². The van der Waals surface area contributed by atoms with E-state index in [1.165, 1.54) is 0 Å². The summed E-state index contributed by atoms with van der Waals surface area (Å²) in [6, 6.07) is 7.58. The van der Waals surface area contributed by atoms with Gasteiger partial charge in [0.05, 0.1) is 23.0 Å². The van der Waals surface area contributed by atoms with E-state index in [4.69, 9.17) is 23.2 Å². The first-order valence-electron chi connectivity index (χ1n) is 7.21. The van der Waals surface area contributed by atoms with E-state index < -0.39 is 0 Å². The molecule has 1 unspecified atom stereocenters. The molecule has 1 heterocycles. The zero-order valence-corrected chi connectivity index (χ0v) is 13.8. The second-order valence-corrected chi connectivity index (χ2v) is 5.83. The second kappa shape index (κ2) is 7.30. The number of aryl methyl sites for hydroxylation is 2. The van der Waals surface area contributed by atoms with Gasteiger partial charge in [-0.25, -0.2) is 0 Å². The molecule has 114 valence electrons. The molecule has 0 aliphatic heterocycles. The molecule has 0 bridgehead atoms. The zero-order chi connectivity index (χ0) is 15.4. The molecular formula is C16H20Cl2N2O. The SMILES string of the molecule is CCc1nn(CC)c(CC(CO)c2ccc(Cl)cc2)c1Cl. The molecule has 0 radical (unpaired) electrons. The molecule has 0 amide bonds. The van der Waals surface area contributed by atoms with Gasteiger partial charge >= 0.3 is 0 Å². The summed E-state index contributed by atoms with van der Waals surface area (Å²) in [7, 11) is 0. The van der Waals surface area contributed by atoms with Gasteiger partial charge in [-0.2, -0.15) is 5.10 Å². The molecule has 3 nitrogen and oxygen atoms in total. The summed E-state index contributed by atoms with van der Waals surface area (Å²) in [5, 5.41) is 15.7. The lowest BCUT2D eigenvalue weighted by atomic mass is 9.95. The predicted molar refractivity (Wildman–Crippen MR) is 87.3 cm³/mol. The van der Waals surface area contributed by atoms with Crippen LogP contribution in [0.2, 0.25) is 10.0 Å². The quantitative estimate of drug-likeness (QED) is 0.868. The van der Waals surface area contributed by atoms with Crippen molar-refractivity contribution in [3.63, 3.8) is 0 Å². The highest BCUT2D eigenvalue weighted by molar-refractivity contribution is 6.32. The Morgan fingerprint density at radius 1 is 1.19 bits per heavy atom. The van der Waals surface area contributed by atoms with Crippen molar-refractivity contribution < 1.29 is 5.11 Å². The smallest absolute Gasteiger partial charge is 0.0850 e. The average molecular weight is 327 g/mol. The number of hydrogen-bond donors (Lipinski definition) is 1.